The Labute approximate surface area is 123 Å². The Balaban J connectivity index is 2.25. The van der Waals surface area contributed by atoms with Crippen molar-refractivity contribution in [1.82, 2.24) is 5.32 Å². The van der Waals surface area contributed by atoms with E-state index in [9.17, 15) is 9.18 Å². The number of hydrogen-bond acceptors (Lipinski definition) is 2. The van der Waals surface area contributed by atoms with Crippen LogP contribution in [-0.2, 0) is 0 Å². The molecule has 0 aliphatic heterocycles. The summed E-state index contributed by atoms with van der Waals surface area (Å²) in [5.74, 6) is -1.10. The maximum Gasteiger partial charge on any atom is 0.254 e. The van der Waals surface area contributed by atoms with E-state index in [2.05, 4.69) is 5.32 Å². The number of nitrogens with one attached hydrogen (secondary N) is 1. The predicted octanol–water partition coefficient (Wildman–Crippen LogP) is 2.91. The highest BCUT2D eigenvalue weighted by Crippen LogP contribution is 2.22. The van der Waals surface area contributed by atoms with Crippen LogP contribution in [0.5, 0.6) is 0 Å². The monoisotopic (exact) mass is 287 g/mol. The van der Waals surface area contributed by atoms with Gasteiger partial charge in [0.25, 0.3) is 5.91 Å². The van der Waals surface area contributed by atoms with E-state index >= 15 is 0 Å². The van der Waals surface area contributed by atoms with Gasteiger partial charge in [-0.3, -0.25) is 4.79 Å². The highest BCUT2D eigenvalue weighted by Gasteiger charge is 2.14. The van der Waals surface area contributed by atoms with Gasteiger partial charge in [0.2, 0.25) is 0 Å². The van der Waals surface area contributed by atoms with E-state index in [4.69, 9.17) is 5.11 Å². The average molecular weight is 287 g/mol. The lowest BCUT2D eigenvalue weighted by Crippen LogP contribution is -2.35. The minimum absolute atomic E-state index is 0.0221. The maximum absolute atomic E-state index is 14.1. The second-order valence-electron chi connectivity index (χ2n) is 5.12. The van der Waals surface area contributed by atoms with Crippen molar-refractivity contribution in [3.63, 3.8) is 0 Å². The van der Waals surface area contributed by atoms with Crippen molar-refractivity contribution >= 4 is 5.91 Å². The van der Waals surface area contributed by atoms with Crippen LogP contribution >= 0.6 is 0 Å². The van der Waals surface area contributed by atoms with E-state index in [1.807, 2.05) is 31.2 Å². The molecule has 0 bridgehead atoms. The molecule has 1 atom stereocenters. The fraction of sp³-hybridized carbons (Fsp3) is 0.235. The molecule has 2 rings (SSSR count). The summed E-state index contributed by atoms with van der Waals surface area (Å²) < 4.78 is 14.1. The Kier molecular flexibility index (Phi) is 4.70. The molecule has 3 nitrogen and oxygen atoms in total. The molecule has 2 N–H and O–H groups in total. The fourth-order valence-corrected chi connectivity index (χ4v) is 1.97. The van der Waals surface area contributed by atoms with E-state index in [-0.39, 0.29) is 12.2 Å². The van der Waals surface area contributed by atoms with Crippen molar-refractivity contribution in [3.05, 3.63) is 59.4 Å². The van der Waals surface area contributed by atoms with Crippen molar-refractivity contribution in [2.75, 3.05) is 6.61 Å². The molecule has 0 saturated heterocycles. The molecule has 0 aromatic heterocycles. The van der Waals surface area contributed by atoms with Crippen molar-refractivity contribution < 1.29 is 14.3 Å². The SMILES string of the molecule is Cc1ccc(-c2ccc(C(=O)NC(C)CO)c(F)c2)cc1. The molecule has 21 heavy (non-hydrogen) atoms. The molecule has 0 radical (unpaired) electrons. The van der Waals surface area contributed by atoms with Crippen LogP contribution in [0.1, 0.15) is 22.8 Å². The molecule has 0 heterocycles. The minimum Gasteiger partial charge on any atom is -0.394 e. The molecule has 2 aromatic carbocycles. The Hall–Kier alpha value is -2.20. The third kappa shape index (κ3) is 3.67. The van der Waals surface area contributed by atoms with Crippen LogP contribution in [0.4, 0.5) is 4.39 Å². The van der Waals surface area contributed by atoms with E-state index < -0.39 is 17.8 Å². The van der Waals surface area contributed by atoms with Gasteiger partial charge in [0.05, 0.1) is 12.2 Å². The van der Waals surface area contributed by atoms with Crippen LogP contribution in [0.3, 0.4) is 0 Å². The third-order valence-electron chi connectivity index (χ3n) is 3.25. The molecule has 110 valence electrons. The second kappa shape index (κ2) is 6.50. The number of carbonyl (C=O) groups is 1. The zero-order chi connectivity index (χ0) is 15.4. The van der Waals surface area contributed by atoms with Crippen LogP contribution in [0, 0.1) is 12.7 Å². The number of aliphatic hydroxyl groups is 1. The van der Waals surface area contributed by atoms with Crippen molar-refractivity contribution in [2.45, 2.75) is 19.9 Å². The molecule has 0 spiro atoms. The van der Waals surface area contributed by atoms with Gasteiger partial charge in [0, 0.05) is 6.04 Å². The van der Waals surface area contributed by atoms with Gasteiger partial charge in [-0.15, -0.1) is 0 Å². The first-order valence-electron chi connectivity index (χ1n) is 6.79. The van der Waals surface area contributed by atoms with Gasteiger partial charge in [-0.1, -0.05) is 35.9 Å². The van der Waals surface area contributed by atoms with Crippen LogP contribution in [0.25, 0.3) is 11.1 Å². The van der Waals surface area contributed by atoms with Gasteiger partial charge < -0.3 is 10.4 Å². The normalized spacial score (nSPS) is 12.0. The Bertz CT molecular complexity index is 638. The summed E-state index contributed by atoms with van der Waals surface area (Å²) in [6.45, 7) is 3.45. The van der Waals surface area contributed by atoms with Crippen molar-refractivity contribution in [3.8, 4) is 11.1 Å². The molecular formula is C17H18FNO2. The van der Waals surface area contributed by atoms with E-state index in [1.165, 1.54) is 12.1 Å². The van der Waals surface area contributed by atoms with Gasteiger partial charge in [0.15, 0.2) is 0 Å². The summed E-state index contributed by atoms with van der Waals surface area (Å²) >= 11 is 0. The number of aliphatic hydroxyl groups excluding tert-OH is 1. The quantitative estimate of drug-likeness (QED) is 0.908. The summed E-state index contributed by atoms with van der Waals surface area (Å²) in [5, 5.41) is 11.4. The van der Waals surface area contributed by atoms with Gasteiger partial charge in [-0.05, 0) is 37.1 Å². The predicted molar refractivity (Wildman–Crippen MR) is 80.6 cm³/mol. The number of aryl methyl sites for hydroxylation is 1. The van der Waals surface area contributed by atoms with E-state index in [0.717, 1.165) is 16.7 Å². The summed E-state index contributed by atoms with van der Waals surface area (Å²) in [6.07, 6.45) is 0. The van der Waals surface area contributed by atoms with E-state index in [1.54, 1.807) is 13.0 Å². The van der Waals surface area contributed by atoms with Gasteiger partial charge in [0.1, 0.15) is 5.82 Å². The molecule has 2 aromatic rings. The molecule has 1 amide bonds. The summed E-state index contributed by atoms with van der Waals surface area (Å²) in [4.78, 5) is 11.9. The molecule has 0 aliphatic carbocycles. The summed E-state index contributed by atoms with van der Waals surface area (Å²) in [6, 6.07) is 11.9. The topological polar surface area (TPSA) is 49.3 Å². The molecule has 0 saturated carbocycles. The second-order valence-corrected chi connectivity index (χ2v) is 5.12. The lowest BCUT2D eigenvalue weighted by molar-refractivity contribution is 0.0918. The zero-order valence-electron chi connectivity index (χ0n) is 12.1. The van der Waals surface area contributed by atoms with Gasteiger partial charge >= 0.3 is 0 Å². The molecular weight excluding hydrogens is 269 g/mol. The first-order valence-corrected chi connectivity index (χ1v) is 6.79. The number of hydrogen-bond donors (Lipinski definition) is 2. The molecule has 0 fully saturated rings. The Morgan fingerprint density at radius 1 is 1.19 bits per heavy atom. The number of rotatable bonds is 4. The van der Waals surface area contributed by atoms with Crippen molar-refractivity contribution in [2.24, 2.45) is 0 Å². The number of halogens is 1. The van der Waals surface area contributed by atoms with Gasteiger partial charge in [-0.2, -0.15) is 0 Å². The first kappa shape index (κ1) is 15.2. The van der Waals surface area contributed by atoms with Crippen LogP contribution < -0.4 is 5.32 Å². The highest BCUT2D eigenvalue weighted by atomic mass is 19.1. The maximum atomic E-state index is 14.1. The Morgan fingerprint density at radius 3 is 2.38 bits per heavy atom. The van der Waals surface area contributed by atoms with Crippen LogP contribution in [-0.4, -0.2) is 23.7 Å². The Morgan fingerprint density at radius 2 is 1.81 bits per heavy atom. The summed E-state index contributed by atoms with van der Waals surface area (Å²) in [5.41, 5.74) is 2.73. The number of benzene rings is 2. The third-order valence-corrected chi connectivity index (χ3v) is 3.25. The lowest BCUT2D eigenvalue weighted by Gasteiger charge is -2.12. The smallest absolute Gasteiger partial charge is 0.254 e. The van der Waals surface area contributed by atoms with Gasteiger partial charge in [-0.25, -0.2) is 4.39 Å². The fourth-order valence-electron chi connectivity index (χ4n) is 1.97. The molecule has 4 heteroatoms. The van der Waals surface area contributed by atoms with Crippen LogP contribution in [0.2, 0.25) is 0 Å². The average Bonchev–Trinajstić information content (AvgIpc) is 2.47. The van der Waals surface area contributed by atoms with E-state index in [0.29, 0.717) is 0 Å². The largest absolute Gasteiger partial charge is 0.394 e. The minimum atomic E-state index is -0.573. The number of carbonyl (C=O) groups excluding carboxylic acids is 1. The molecule has 0 aliphatic rings. The highest BCUT2D eigenvalue weighted by molar-refractivity contribution is 5.95. The first-order chi connectivity index (χ1) is 10.0. The van der Waals surface area contributed by atoms with Crippen LogP contribution in [0.15, 0.2) is 42.5 Å². The lowest BCUT2D eigenvalue weighted by atomic mass is 10.0. The molecule has 1 unspecified atom stereocenters. The van der Waals surface area contributed by atoms with Crippen molar-refractivity contribution in [1.29, 1.82) is 0 Å². The summed E-state index contributed by atoms with van der Waals surface area (Å²) in [7, 11) is 0. The zero-order valence-corrected chi connectivity index (χ0v) is 12.1. The number of amides is 1. The standard InChI is InChI=1S/C17H18FNO2/c1-11-3-5-13(6-4-11)14-7-8-15(16(18)9-14)17(21)19-12(2)10-20/h3-9,12,20H,10H2,1-2H3,(H,19,21).